The van der Waals surface area contributed by atoms with Crippen LogP contribution in [0.3, 0.4) is 0 Å². The van der Waals surface area contributed by atoms with E-state index in [1.807, 2.05) is 12.1 Å². The van der Waals surface area contributed by atoms with Crippen LogP contribution in [-0.4, -0.2) is 6.61 Å². The van der Waals surface area contributed by atoms with E-state index in [0.717, 1.165) is 50.1 Å². The van der Waals surface area contributed by atoms with E-state index < -0.39 is 0 Å². The van der Waals surface area contributed by atoms with Gasteiger partial charge in [-0.25, -0.2) is 0 Å². The fourth-order valence-electron chi connectivity index (χ4n) is 2.61. The highest BCUT2D eigenvalue weighted by Crippen LogP contribution is 2.17. The largest absolute Gasteiger partial charge is 0.494 e. The molecule has 0 amide bonds. The zero-order chi connectivity index (χ0) is 17.2. The molecule has 2 aromatic rings. The Labute approximate surface area is 151 Å². The Kier molecular flexibility index (Phi) is 9.38. The monoisotopic (exact) mass is 343 g/mol. The molecule has 2 rings (SSSR count). The summed E-state index contributed by atoms with van der Waals surface area (Å²) in [6.07, 6.45) is 7.89. The van der Waals surface area contributed by atoms with E-state index in [1.165, 1.54) is 16.7 Å². The predicted octanol–water partition coefficient (Wildman–Crippen LogP) is 6.03. The van der Waals surface area contributed by atoms with Gasteiger partial charge in [-0.05, 0) is 68.0 Å². The minimum atomic E-state index is 0. The van der Waals surface area contributed by atoms with E-state index in [-0.39, 0.29) is 4.70 Å². The Hall–Kier alpha value is -2.29. The summed E-state index contributed by atoms with van der Waals surface area (Å²) in [5.41, 5.74) is 10.5. The van der Waals surface area contributed by atoms with Crippen LogP contribution in [0.2, 0.25) is 0 Å². The molecule has 0 atom stereocenters. The smallest absolute Gasteiger partial charge is 0.119 e. The summed E-state index contributed by atoms with van der Waals surface area (Å²) in [6, 6.07) is 16.6. The lowest BCUT2D eigenvalue weighted by molar-refractivity contribution is 0.309. The number of unbranched alkanes of at least 4 members (excludes halogenated alkanes) is 1. The third kappa shape index (κ3) is 7.88. The van der Waals surface area contributed by atoms with Crippen LogP contribution >= 0.6 is 0 Å². The lowest BCUT2D eigenvalue weighted by Gasteiger charge is -2.06. The lowest BCUT2D eigenvalue weighted by atomic mass is 10.0. The number of allylic oxidation sites excluding steroid dienone is 1. The van der Waals surface area contributed by atoms with Crippen LogP contribution in [-0.2, 0) is 6.42 Å². The second-order valence-corrected chi connectivity index (χ2v) is 6.36. The number of hydrogen-bond acceptors (Lipinski definition) is 2. The number of halogens is 1. The van der Waals surface area contributed by atoms with Crippen LogP contribution < -0.4 is 10.5 Å². The quantitative estimate of drug-likeness (QED) is 0.446. The van der Waals surface area contributed by atoms with Crippen LogP contribution in [0.4, 0.5) is 10.4 Å². The second-order valence-electron chi connectivity index (χ2n) is 6.36. The highest BCUT2D eigenvalue weighted by molar-refractivity contribution is 5.53. The summed E-state index contributed by atoms with van der Waals surface area (Å²) < 4.78 is 5.70. The van der Waals surface area contributed by atoms with Gasteiger partial charge < -0.3 is 10.5 Å². The van der Waals surface area contributed by atoms with Gasteiger partial charge in [0.25, 0.3) is 0 Å². The van der Waals surface area contributed by atoms with Gasteiger partial charge in [-0.15, -0.1) is 0 Å². The number of ether oxygens (including phenoxy) is 1. The Morgan fingerprint density at radius 2 is 1.68 bits per heavy atom. The van der Waals surface area contributed by atoms with Gasteiger partial charge in [0.05, 0.1) is 6.61 Å². The highest BCUT2D eigenvalue weighted by atomic mass is 19.0. The van der Waals surface area contributed by atoms with Crippen molar-refractivity contribution in [3.05, 3.63) is 65.2 Å². The molecular weight excluding hydrogens is 313 g/mol. The van der Waals surface area contributed by atoms with Gasteiger partial charge in [-0.2, -0.15) is 0 Å². The Bertz CT molecular complexity index is 632. The van der Waals surface area contributed by atoms with Crippen LogP contribution in [0, 0.1) is 0 Å². The first-order chi connectivity index (χ1) is 11.7. The van der Waals surface area contributed by atoms with Crippen molar-refractivity contribution in [3.63, 3.8) is 0 Å². The highest BCUT2D eigenvalue weighted by Gasteiger charge is 1.97. The maximum absolute atomic E-state index is 5.72. The van der Waals surface area contributed by atoms with E-state index in [0.29, 0.717) is 0 Å². The Balaban J connectivity index is 0.00000312. The average molecular weight is 343 g/mol. The van der Waals surface area contributed by atoms with Gasteiger partial charge in [0.2, 0.25) is 0 Å². The van der Waals surface area contributed by atoms with Gasteiger partial charge in [0.15, 0.2) is 0 Å². The first-order valence-electron chi connectivity index (χ1n) is 8.92. The Morgan fingerprint density at radius 3 is 2.32 bits per heavy atom. The van der Waals surface area contributed by atoms with Crippen molar-refractivity contribution < 1.29 is 9.44 Å². The first-order valence-corrected chi connectivity index (χ1v) is 8.92. The summed E-state index contributed by atoms with van der Waals surface area (Å²) >= 11 is 0. The first kappa shape index (κ1) is 20.8. The SMILES string of the molecule is CCCCOc1ccc(/C=C(\C)CCCc2ccc(N)cc2)cc1.F. The molecule has 0 spiro atoms. The van der Waals surface area contributed by atoms with Gasteiger partial charge in [0.1, 0.15) is 5.75 Å². The van der Waals surface area contributed by atoms with Gasteiger partial charge in [-0.3, -0.25) is 4.70 Å². The third-order valence-electron chi connectivity index (χ3n) is 4.08. The number of nitrogens with two attached hydrogens (primary N) is 1. The second kappa shape index (κ2) is 11.3. The molecule has 0 unspecified atom stereocenters. The van der Waals surface area contributed by atoms with Gasteiger partial charge in [0, 0.05) is 5.69 Å². The summed E-state index contributed by atoms with van der Waals surface area (Å²) in [4.78, 5) is 0. The molecule has 2 N–H and O–H groups in total. The minimum Gasteiger partial charge on any atom is -0.494 e. The molecule has 0 saturated carbocycles. The standard InChI is InChI=1S/C22H29NO.FH/c1-3-4-16-24-22-14-10-20(11-15-22)17-18(2)6-5-7-19-8-12-21(23)13-9-19;/h8-15,17H,3-7,16,23H2,1-2H3;1H/b18-17+;. The fourth-order valence-corrected chi connectivity index (χ4v) is 2.61. The molecule has 0 aliphatic carbocycles. The molecule has 2 nitrogen and oxygen atoms in total. The molecule has 0 fully saturated rings. The molecule has 3 heteroatoms. The fraction of sp³-hybridized carbons (Fsp3) is 0.364. The van der Waals surface area contributed by atoms with Crippen molar-refractivity contribution in [1.82, 2.24) is 0 Å². The molecule has 0 saturated heterocycles. The van der Waals surface area contributed by atoms with Crippen molar-refractivity contribution in [2.75, 3.05) is 12.3 Å². The summed E-state index contributed by atoms with van der Waals surface area (Å²) in [5, 5.41) is 0. The summed E-state index contributed by atoms with van der Waals surface area (Å²) in [5.74, 6) is 0.960. The lowest BCUT2D eigenvalue weighted by Crippen LogP contribution is -1.95. The maximum atomic E-state index is 5.72. The molecule has 0 radical (unpaired) electrons. The van der Waals surface area contributed by atoms with E-state index in [9.17, 15) is 0 Å². The zero-order valence-corrected chi connectivity index (χ0v) is 15.3. The molecule has 0 aromatic heterocycles. The average Bonchev–Trinajstić information content (AvgIpc) is 2.58. The maximum Gasteiger partial charge on any atom is 0.119 e. The van der Waals surface area contributed by atoms with Crippen LogP contribution in [0.1, 0.15) is 50.7 Å². The molecule has 136 valence electrons. The van der Waals surface area contributed by atoms with E-state index in [1.54, 1.807) is 0 Å². The van der Waals surface area contributed by atoms with Crippen LogP contribution in [0.25, 0.3) is 6.08 Å². The summed E-state index contributed by atoms with van der Waals surface area (Å²) in [6.45, 7) is 5.18. The normalized spacial score (nSPS) is 11.0. The van der Waals surface area contributed by atoms with Crippen molar-refractivity contribution in [2.24, 2.45) is 0 Å². The number of anilines is 1. The van der Waals surface area contributed by atoms with Gasteiger partial charge in [-0.1, -0.05) is 49.3 Å². The number of hydrogen-bond donors (Lipinski definition) is 1. The zero-order valence-electron chi connectivity index (χ0n) is 15.3. The Morgan fingerprint density at radius 1 is 1.00 bits per heavy atom. The third-order valence-corrected chi connectivity index (χ3v) is 4.08. The molecule has 0 bridgehead atoms. The van der Waals surface area contributed by atoms with Crippen molar-refractivity contribution in [3.8, 4) is 5.75 Å². The minimum absolute atomic E-state index is 0. The molecule has 0 aliphatic rings. The molecule has 2 aromatic carbocycles. The predicted molar refractivity (Wildman–Crippen MR) is 107 cm³/mol. The van der Waals surface area contributed by atoms with Crippen molar-refractivity contribution in [1.29, 1.82) is 0 Å². The summed E-state index contributed by atoms with van der Waals surface area (Å²) in [7, 11) is 0. The van der Waals surface area contributed by atoms with E-state index in [2.05, 4.69) is 56.3 Å². The number of nitrogen functional groups attached to an aromatic ring is 1. The molecule has 0 heterocycles. The number of rotatable bonds is 9. The topological polar surface area (TPSA) is 35.2 Å². The number of benzene rings is 2. The molecule has 0 aliphatic heterocycles. The molecular formula is C22H30FNO. The van der Waals surface area contributed by atoms with Gasteiger partial charge >= 0.3 is 0 Å². The van der Waals surface area contributed by atoms with Crippen LogP contribution in [0.5, 0.6) is 5.75 Å². The molecule has 25 heavy (non-hydrogen) atoms. The van der Waals surface area contributed by atoms with Crippen molar-refractivity contribution >= 4 is 11.8 Å². The van der Waals surface area contributed by atoms with E-state index in [4.69, 9.17) is 10.5 Å². The van der Waals surface area contributed by atoms with E-state index >= 15 is 0 Å². The van der Waals surface area contributed by atoms with Crippen LogP contribution in [0.15, 0.2) is 54.1 Å². The number of aryl methyl sites for hydroxylation is 1. The van der Waals surface area contributed by atoms with Crippen molar-refractivity contribution in [2.45, 2.75) is 46.0 Å².